The van der Waals surface area contributed by atoms with Gasteiger partial charge >= 0.3 is 12.3 Å². The van der Waals surface area contributed by atoms with Crippen LogP contribution in [0.4, 0.5) is 4.39 Å². The number of alkyl halides is 1. The van der Waals surface area contributed by atoms with Crippen molar-refractivity contribution in [3.63, 3.8) is 0 Å². The number of ether oxygens (including phenoxy) is 2. The molecule has 88 valence electrons. The van der Waals surface area contributed by atoms with Crippen LogP contribution in [0, 0.1) is 0 Å². The van der Waals surface area contributed by atoms with E-state index in [0.29, 0.717) is 12.4 Å². The molecular weight excluding hydrogens is 215 g/mol. The highest BCUT2D eigenvalue weighted by molar-refractivity contribution is 5.71. The van der Waals surface area contributed by atoms with E-state index in [1.165, 1.54) is 6.07 Å². The lowest BCUT2D eigenvalue weighted by molar-refractivity contribution is -0.153. The van der Waals surface area contributed by atoms with E-state index in [2.05, 4.69) is 4.74 Å². The summed E-state index contributed by atoms with van der Waals surface area (Å²) < 4.78 is 22.7. The van der Waals surface area contributed by atoms with Crippen LogP contribution >= 0.6 is 0 Å². The molecule has 0 saturated carbocycles. The number of carbonyl (C=O) groups is 1. The van der Waals surface area contributed by atoms with Crippen molar-refractivity contribution >= 4 is 5.97 Å². The normalized spacial score (nSPS) is 11.9. The molecule has 1 unspecified atom stereocenters. The van der Waals surface area contributed by atoms with Crippen LogP contribution in [0.1, 0.15) is 13.3 Å². The molecule has 1 N–H and O–H groups in total. The zero-order valence-corrected chi connectivity index (χ0v) is 8.85. The fraction of sp³-hybridized carbons (Fsp3) is 0.364. The van der Waals surface area contributed by atoms with E-state index in [-0.39, 0.29) is 5.75 Å². The van der Waals surface area contributed by atoms with Gasteiger partial charge in [-0.1, -0.05) is 19.1 Å². The van der Waals surface area contributed by atoms with Gasteiger partial charge in [0, 0.05) is 0 Å². The maximum Gasteiger partial charge on any atom is 0.378 e. The van der Waals surface area contributed by atoms with Crippen molar-refractivity contribution in [2.45, 2.75) is 19.7 Å². The second kappa shape index (κ2) is 5.95. The average Bonchev–Trinajstić information content (AvgIpc) is 2.27. The van der Waals surface area contributed by atoms with E-state index >= 15 is 0 Å². The minimum Gasteiger partial charge on any atom is -0.490 e. The van der Waals surface area contributed by atoms with E-state index in [0.717, 1.165) is 6.42 Å². The number of halogens is 1. The van der Waals surface area contributed by atoms with Gasteiger partial charge in [-0.3, -0.25) is 0 Å². The quantitative estimate of drug-likeness (QED) is 0.811. The lowest BCUT2D eigenvalue weighted by Gasteiger charge is -2.12. The Balaban J connectivity index is 2.74. The Kier molecular flexibility index (Phi) is 4.57. The molecule has 0 spiro atoms. The summed E-state index contributed by atoms with van der Waals surface area (Å²) in [4.78, 5) is 10.3. The standard InChI is InChI=1S/C11H13FO4/c1-2-7-15-8-5-3-4-6-9(8)16-10(12)11(13)14/h3-6,10H,2,7H2,1H3,(H,13,14). The van der Waals surface area contributed by atoms with Gasteiger partial charge in [-0.05, 0) is 18.6 Å². The molecule has 1 rings (SSSR count). The zero-order valence-electron chi connectivity index (χ0n) is 8.85. The Morgan fingerprint density at radius 3 is 2.62 bits per heavy atom. The van der Waals surface area contributed by atoms with Crippen molar-refractivity contribution in [3.05, 3.63) is 24.3 Å². The van der Waals surface area contributed by atoms with Crippen LogP contribution in [-0.2, 0) is 4.79 Å². The van der Waals surface area contributed by atoms with Gasteiger partial charge in [0.15, 0.2) is 11.5 Å². The molecule has 0 aliphatic carbocycles. The second-order valence-corrected chi connectivity index (χ2v) is 3.07. The number of carboxylic acid groups (broad SMARTS) is 1. The molecule has 0 heterocycles. The third-order valence-corrected chi connectivity index (χ3v) is 1.74. The Bertz CT molecular complexity index is 354. The van der Waals surface area contributed by atoms with Crippen molar-refractivity contribution in [2.24, 2.45) is 0 Å². The summed E-state index contributed by atoms with van der Waals surface area (Å²) in [5.74, 6) is -1.23. The van der Waals surface area contributed by atoms with E-state index in [1.807, 2.05) is 6.92 Å². The van der Waals surface area contributed by atoms with E-state index in [9.17, 15) is 9.18 Å². The lowest BCUT2D eigenvalue weighted by atomic mass is 10.3. The molecule has 0 fully saturated rings. The third kappa shape index (κ3) is 3.42. The molecule has 4 nitrogen and oxygen atoms in total. The highest BCUT2D eigenvalue weighted by Crippen LogP contribution is 2.27. The fourth-order valence-electron chi connectivity index (χ4n) is 1.04. The van der Waals surface area contributed by atoms with Crippen molar-refractivity contribution in [1.29, 1.82) is 0 Å². The van der Waals surface area contributed by atoms with Gasteiger partial charge < -0.3 is 14.6 Å². The Hall–Kier alpha value is -1.78. The Labute approximate surface area is 92.6 Å². The van der Waals surface area contributed by atoms with Crippen LogP contribution in [0.5, 0.6) is 11.5 Å². The van der Waals surface area contributed by atoms with E-state index in [1.54, 1.807) is 18.2 Å². The van der Waals surface area contributed by atoms with Gasteiger partial charge in [0.2, 0.25) is 0 Å². The first-order valence-electron chi connectivity index (χ1n) is 4.90. The number of hydrogen-bond acceptors (Lipinski definition) is 3. The number of benzene rings is 1. The van der Waals surface area contributed by atoms with Gasteiger partial charge in [-0.25, -0.2) is 4.79 Å². The summed E-state index contributed by atoms with van der Waals surface area (Å²) in [7, 11) is 0. The molecule has 1 atom stereocenters. The zero-order chi connectivity index (χ0) is 12.0. The van der Waals surface area contributed by atoms with Crippen molar-refractivity contribution < 1.29 is 23.8 Å². The first-order chi connectivity index (χ1) is 7.65. The Morgan fingerprint density at radius 2 is 2.06 bits per heavy atom. The van der Waals surface area contributed by atoms with Crippen molar-refractivity contribution in [2.75, 3.05) is 6.61 Å². The summed E-state index contributed by atoms with van der Waals surface area (Å²) in [5, 5.41) is 8.37. The van der Waals surface area contributed by atoms with Crippen LogP contribution in [-0.4, -0.2) is 24.0 Å². The maximum absolute atomic E-state index is 12.8. The highest BCUT2D eigenvalue weighted by Gasteiger charge is 2.19. The van der Waals surface area contributed by atoms with Gasteiger partial charge in [-0.2, -0.15) is 4.39 Å². The molecule has 0 saturated heterocycles. The molecule has 0 bridgehead atoms. The molecule has 0 radical (unpaired) electrons. The predicted octanol–water partition coefficient (Wildman–Crippen LogP) is 2.23. The number of aliphatic carboxylic acids is 1. The minimum atomic E-state index is -2.38. The molecule has 1 aromatic rings. The van der Waals surface area contributed by atoms with Gasteiger partial charge in [0.25, 0.3) is 0 Å². The number of hydrogen-bond donors (Lipinski definition) is 1. The van der Waals surface area contributed by atoms with E-state index < -0.39 is 12.3 Å². The molecule has 1 aromatic carbocycles. The molecular formula is C11H13FO4. The SMILES string of the molecule is CCCOc1ccccc1OC(F)C(=O)O. The molecule has 0 amide bonds. The molecule has 0 aromatic heterocycles. The fourth-order valence-corrected chi connectivity index (χ4v) is 1.04. The summed E-state index contributed by atoms with van der Waals surface area (Å²) >= 11 is 0. The van der Waals surface area contributed by atoms with Gasteiger partial charge in [-0.15, -0.1) is 0 Å². The topological polar surface area (TPSA) is 55.8 Å². The third-order valence-electron chi connectivity index (χ3n) is 1.74. The largest absolute Gasteiger partial charge is 0.490 e. The van der Waals surface area contributed by atoms with Gasteiger partial charge in [0.1, 0.15) is 0 Å². The molecule has 5 heteroatoms. The van der Waals surface area contributed by atoms with E-state index in [4.69, 9.17) is 9.84 Å². The first kappa shape index (κ1) is 12.3. The summed E-state index contributed by atoms with van der Waals surface area (Å²) in [6.07, 6.45) is -1.59. The van der Waals surface area contributed by atoms with Gasteiger partial charge in [0.05, 0.1) is 6.61 Å². The van der Waals surface area contributed by atoms with Crippen LogP contribution in [0.3, 0.4) is 0 Å². The predicted molar refractivity (Wildman–Crippen MR) is 55.4 cm³/mol. The number of rotatable bonds is 6. The molecule has 0 aliphatic heterocycles. The smallest absolute Gasteiger partial charge is 0.378 e. The molecule has 16 heavy (non-hydrogen) atoms. The lowest BCUT2D eigenvalue weighted by Crippen LogP contribution is -2.21. The summed E-state index contributed by atoms with van der Waals surface area (Å²) in [6, 6.07) is 6.37. The van der Waals surface area contributed by atoms with Crippen LogP contribution < -0.4 is 9.47 Å². The maximum atomic E-state index is 12.8. The summed E-state index contributed by atoms with van der Waals surface area (Å²) in [5.41, 5.74) is 0. The first-order valence-corrected chi connectivity index (χ1v) is 4.90. The van der Waals surface area contributed by atoms with Crippen LogP contribution in [0.25, 0.3) is 0 Å². The van der Waals surface area contributed by atoms with Crippen LogP contribution in [0.15, 0.2) is 24.3 Å². The number of carboxylic acids is 1. The van der Waals surface area contributed by atoms with Crippen molar-refractivity contribution in [3.8, 4) is 11.5 Å². The average molecular weight is 228 g/mol. The Morgan fingerprint density at radius 1 is 1.44 bits per heavy atom. The highest BCUT2D eigenvalue weighted by atomic mass is 19.1. The minimum absolute atomic E-state index is 0.0888. The molecule has 0 aliphatic rings. The number of para-hydroxylation sites is 2. The second-order valence-electron chi connectivity index (χ2n) is 3.07. The summed E-state index contributed by atoms with van der Waals surface area (Å²) in [6.45, 7) is 2.39. The van der Waals surface area contributed by atoms with Crippen LogP contribution in [0.2, 0.25) is 0 Å². The van der Waals surface area contributed by atoms with Crippen molar-refractivity contribution in [1.82, 2.24) is 0 Å². The monoisotopic (exact) mass is 228 g/mol.